The number of carbonyl (C=O) groups is 1. The van der Waals surface area contributed by atoms with Gasteiger partial charge in [-0.2, -0.15) is 8.42 Å². The molecule has 66 heavy (non-hydrogen) atoms. The quantitative estimate of drug-likeness (QED) is 0.0197. The highest BCUT2D eigenvalue weighted by Gasteiger charge is 2.48. The normalized spacial score (nSPS) is 19.5. The highest BCUT2D eigenvalue weighted by Crippen LogP contribution is 2.26. The van der Waals surface area contributed by atoms with Crippen LogP contribution >= 0.6 is 0 Å². The molecule has 1 heterocycles. The Morgan fingerprint density at radius 1 is 0.561 bits per heavy atom. The molecule has 1 fully saturated rings. The molecule has 0 saturated carbocycles. The Kier molecular flexibility index (Phi) is 42.9. The number of aliphatic hydroxyl groups excluding tert-OH is 3. The van der Waals surface area contributed by atoms with Crippen LogP contribution in [0, 0.1) is 0 Å². The largest absolute Gasteiger partial charge is 0.457 e. The van der Waals surface area contributed by atoms with Crippen molar-refractivity contribution in [3.05, 3.63) is 12.2 Å². The fraction of sp³-hybridized carbons (Fsp3) is 0.943. The molecular formula is C53H102O12S. The molecule has 6 unspecified atom stereocenters. The third kappa shape index (κ3) is 37.7. The van der Waals surface area contributed by atoms with E-state index in [1.54, 1.807) is 0 Å². The Hall–Kier alpha value is -1.16. The van der Waals surface area contributed by atoms with Gasteiger partial charge < -0.3 is 34.3 Å². The number of hydrogen-bond donors (Lipinski definition) is 4. The molecule has 6 atom stereocenters. The van der Waals surface area contributed by atoms with Crippen molar-refractivity contribution in [3.63, 3.8) is 0 Å². The zero-order valence-corrected chi connectivity index (χ0v) is 43.1. The summed E-state index contributed by atoms with van der Waals surface area (Å²) in [6.45, 7) is 4.03. The summed E-state index contributed by atoms with van der Waals surface area (Å²) in [5.41, 5.74) is 0. The van der Waals surface area contributed by atoms with Gasteiger partial charge in [0.05, 0.1) is 19.8 Å². The Balaban J connectivity index is 2.31. The second kappa shape index (κ2) is 45.0. The van der Waals surface area contributed by atoms with Gasteiger partial charge in [-0.25, -0.2) is 4.18 Å². The van der Waals surface area contributed by atoms with E-state index in [9.17, 15) is 33.1 Å². The molecule has 392 valence electrons. The van der Waals surface area contributed by atoms with Crippen molar-refractivity contribution in [1.82, 2.24) is 0 Å². The minimum atomic E-state index is -5.06. The predicted octanol–water partition coefficient (Wildman–Crippen LogP) is 13.0. The molecule has 4 N–H and O–H groups in total. The lowest BCUT2D eigenvalue weighted by molar-refractivity contribution is -0.301. The van der Waals surface area contributed by atoms with Crippen molar-refractivity contribution >= 4 is 16.4 Å². The third-order valence-electron chi connectivity index (χ3n) is 12.9. The van der Waals surface area contributed by atoms with Gasteiger partial charge in [-0.05, 0) is 38.5 Å². The molecule has 0 radical (unpaired) electrons. The minimum absolute atomic E-state index is 0.0378. The fourth-order valence-corrected chi connectivity index (χ4v) is 9.24. The Morgan fingerprint density at radius 3 is 1.36 bits per heavy atom. The number of hydrogen-bond acceptors (Lipinski definition) is 11. The number of allylic oxidation sites excluding steroid dienone is 2. The van der Waals surface area contributed by atoms with Crippen molar-refractivity contribution in [1.29, 1.82) is 0 Å². The van der Waals surface area contributed by atoms with Crippen LogP contribution in [0.2, 0.25) is 0 Å². The summed E-state index contributed by atoms with van der Waals surface area (Å²) in [5, 5.41) is 30.8. The fourth-order valence-electron chi connectivity index (χ4n) is 8.73. The Morgan fingerprint density at radius 2 is 0.955 bits per heavy atom. The van der Waals surface area contributed by atoms with Gasteiger partial charge in [0.25, 0.3) is 0 Å². The maximum Gasteiger partial charge on any atom is 0.397 e. The number of rotatable bonds is 49. The summed E-state index contributed by atoms with van der Waals surface area (Å²) in [6, 6.07) is 0. The van der Waals surface area contributed by atoms with Gasteiger partial charge >= 0.3 is 16.4 Å². The zero-order valence-electron chi connectivity index (χ0n) is 42.3. The first kappa shape index (κ1) is 62.9. The number of unbranched alkanes of at least 4 members (excludes halogenated alkanes) is 34. The molecular weight excluding hydrogens is 861 g/mol. The van der Waals surface area contributed by atoms with E-state index in [1.807, 2.05) is 0 Å². The summed E-state index contributed by atoms with van der Waals surface area (Å²) >= 11 is 0. The molecule has 0 aromatic rings. The van der Waals surface area contributed by atoms with E-state index in [4.69, 9.17) is 18.9 Å². The second-order valence-electron chi connectivity index (χ2n) is 19.2. The minimum Gasteiger partial charge on any atom is -0.457 e. The smallest absolute Gasteiger partial charge is 0.397 e. The SMILES string of the molecule is CCCCCCCCC/C=C\CCCCCCCCOCC(COC1OC(CO)C(O)C(OS(=O)(=O)O)C1O)OC(=O)CCCCCCCCCCCCCCCCCCCCCCCC. The van der Waals surface area contributed by atoms with E-state index < -0.39 is 59.8 Å². The summed E-state index contributed by atoms with van der Waals surface area (Å²) in [4.78, 5) is 12.9. The van der Waals surface area contributed by atoms with Crippen LogP contribution in [-0.4, -0.2) is 97.5 Å². The van der Waals surface area contributed by atoms with Crippen LogP contribution < -0.4 is 0 Å². The van der Waals surface area contributed by atoms with Gasteiger partial charge in [0.2, 0.25) is 0 Å². The molecule has 1 aliphatic rings. The summed E-state index contributed by atoms with van der Waals surface area (Å²) in [6.07, 6.45) is 42.5. The van der Waals surface area contributed by atoms with Gasteiger partial charge in [0, 0.05) is 13.0 Å². The molecule has 1 rings (SSSR count). The van der Waals surface area contributed by atoms with Crippen molar-refractivity contribution < 1.29 is 56.2 Å². The number of carbonyl (C=O) groups excluding carboxylic acids is 1. The van der Waals surface area contributed by atoms with Crippen molar-refractivity contribution in [2.45, 2.75) is 295 Å². The van der Waals surface area contributed by atoms with Gasteiger partial charge in [-0.15, -0.1) is 0 Å². The molecule has 0 bridgehead atoms. The van der Waals surface area contributed by atoms with E-state index >= 15 is 0 Å². The maximum absolute atomic E-state index is 12.9. The van der Waals surface area contributed by atoms with E-state index in [2.05, 4.69) is 30.2 Å². The number of aliphatic hydroxyl groups is 3. The third-order valence-corrected chi connectivity index (χ3v) is 13.4. The molecule has 0 aromatic heterocycles. The zero-order chi connectivity index (χ0) is 48.2. The summed E-state index contributed by atoms with van der Waals surface area (Å²) < 4.78 is 59.3. The van der Waals surface area contributed by atoms with Crippen LogP contribution in [-0.2, 0) is 38.3 Å². The summed E-state index contributed by atoms with van der Waals surface area (Å²) in [5.74, 6) is -0.394. The molecule has 0 aliphatic carbocycles. The van der Waals surface area contributed by atoms with E-state index in [-0.39, 0.29) is 19.6 Å². The lowest BCUT2D eigenvalue weighted by Crippen LogP contribution is -2.60. The highest BCUT2D eigenvalue weighted by molar-refractivity contribution is 7.80. The van der Waals surface area contributed by atoms with Crippen LogP contribution in [0.1, 0.15) is 258 Å². The topological polar surface area (TPSA) is 178 Å². The van der Waals surface area contributed by atoms with Crippen LogP contribution in [0.3, 0.4) is 0 Å². The monoisotopic (exact) mass is 963 g/mol. The standard InChI is InChI=1S/C53H102O12S/c1-3-5-7-9-11-13-15-17-19-21-22-23-24-25-26-28-30-32-34-36-38-40-42-49(55)63-47(46-62-53-51(57)52(65-66(58,59)60)50(56)48(44-54)64-53)45-61-43-41-39-37-35-33-31-29-27-20-18-16-14-12-10-8-6-4-2/h20,27,47-48,50-54,56-57H,3-19,21-26,28-46H2,1-2H3,(H,58,59,60)/b27-20-. The predicted molar refractivity (Wildman–Crippen MR) is 267 cm³/mol. The van der Waals surface area contributed by atoms with E-state index in [0.29, 0.717) is 13.0 Å². The van der Waals surface area contributed by atoms with Gasteiger partial charge in [-0.1, -0.05) is 225 Å². The molecule has 0 spiro atoms. The van der Waals surface area contributed by atoms with E-state index in [1.165, 1.54) is 186 Å². The average molecular weight is 963 g/mol. The first-order chi connectivity index (χ1) is 32.1. The van der Waals surface area contributed by atoms with Gasteiger partial charge in [0.1, 0.15) is 30.5 Å². The first-order valence-electron chi connectivity index (χ1n) is 27.4. The van der Waals surface area contributed by atoms with Crippen molar-refractivity contribution in [2.24, 2.45) is 0 Å². The number of ether oxygens (including phenoxy) is 4. The highest BCUT2D eigenvalue weighted by atomic mass is 32.3. The van der Waals surface area contributed by atoms with Crippen LogP contribution in [0.15, 0.2) is 12.2 Å². The lowest BCUT2D eigenvalue weighted by Gasteiger charge is -2.41. The van der Waals surface area contributed by atoms with Crippen LogP contribution in [0.5, 0.6) is 0 Å². The lowest BCUT2D eigenvalue weighted by atomic mass is 9.99. The Labute approximate surface area is 404 Å². The average Bonchev–Trinajstić information content (AvgIpc) is 3.29. The summed E-state index contributed by atoms with van der Waals surface area (Å²) in [7, 11) is -5.06. The van der Waals surface area contributed by atoms with Crippen molar-refractivity contribution in [2.75, 3.05) is 26.4 Å². The molecule has 13 heteroatoms. The molecule has 0 amide bonds. The molecule has 0 aromatic carbocycles. The van der Waals surface area contributed by atoms with E-state index in [0.717, 1.165) is 44.9 Å². The Bertz CT molecular complexity index is 1200. The van der Waals surface area contributed by atoms with Crippen LogP contribution in [0.4, 0.5) is 0 Å². The first-order valence-corrected chi connectivity index (χ1v) is 28.8. The molecule has 1 aliphatic heterocycles. The number of esters is 1. The van der Waals surface area contributed by atoms with Crippen LogP contribution in [0.25, 0.3) is 0 Å². The molecule has 1 saturated heterocycles. The molecule has 12 nitrogen and oxygen atoms in total. The van der Waals surface area contributed by atoms with Gasteiger partial charge in [0.15, 0.2) is 6.29 Å². The maximum atomic E-state index is 12.9. The second-order valence-corrected chi connectivity index (χ2v) is 20.2. The van der Waals surface area contributed by atoms with Crippen molar-refractivity contribution in [3.8, 4) is 0 Å². The van der Waals surface area contributed by atoms with Gasteiger partial charge in [-0.3, -0.25) is 9.35 Å².